The highest BCUT2D eigenvalue weighted by Gasteiger charge is 2.41. The van der Waals surface area contributed by atoms with Gasteiger partial charge in [-0.25, -0.2) is 0 Å². The molecule has 1 aliphatic rings. The van der Waals surface area contributed by atoms with Gasteiger partial charge in [-0.05, 0) is 19.8 Å². The van der Waals surface area contributed by atoms with Crippen LogP contribution in [0.5, 0.6) is 0 Å². The summed E-state index contributed by atoms with van der Waals surface area (Å²) < 4.78 is 4.09. The molecule has 0 aromatic carbocycles. The van der Waals surface area contributed by atoms with Crippen LogP contribution in [-0.4, -0.2) is 46.1 Å². The molecular formula is C13H23Cl3N2O2. The summed E-state index contributed by atoms with van der Waals surface area (Å²) in [6.45, 7) is 9.11. The third kappa shape index (κ3) is 5.94. The van der Waals surface area contributed by atoms with Gasteiger partial charge in [-0.2, -0.15) is 0 Å². The normalized spacial score (nSPS) is 26.6. The van der Waals surface area contributed by atoms with Crippen LogP contribution in [0.15, 0.2) is 0 Å². The first-order valence-corrected chi connectivity index (χ1v) is 7.98. The molecule has 1 N–H and O–H groups in total. The monoisotopic (exact) mass is 344 g/mol. The van der Waals surface area contributed by atoms with Gasteiger partial charge < -0.3 is 10.1 Å². The average molecular weight is 346 g/mol. The highest BCUT2D eigenvalue weighted by Crippen LogP contribution is 2.33. The van der Waals surface area contributed by atoms with Gasteiger partial charge in [0.25, 0.3) is 0 Å². The second-order valence-electron chi connectivity index (χ2n) is 5.82. The Morgan fingerprint density at radius 2 is 1.80 bits per heavy atom. The SMILES string of the molecule is CC(C)CC(=O)NC(N1CC(C)OC(C)C1)C(Cl)(Cl)Cl. The van der Waals surface area contributed by atoms with E-state index in [-0.39, 0.29) is 24.0 Å². The van der Waals surface area contributed by atoms with Gasteiger partial charge in [-0.3, -0.25) is 9.69 Å². The zero-order chi connectivity index (χ0) is 15.5. The first-order valence-electron chi connectivity index (χ1n) is 6.85. The molecule has 1 aliphatic heterocycles. The molecule has 1 saturated heterocycles. The van der Waals surface area contributed by atoms with Crippen LogP contribution >= 0.6 is 34.8 Å². The second-order valence-corrected chi connectivity index (χ2v) is 8.19. The first kappa shape index (κ1) is 18.3. The summed E-state index contributed by atoms with van der Waals surface area (Å²) in [6, 6.07) is 0. The Bertz CT molecular complexity index is 324. The van der Waals surface area contributed by atoms with Crippen molar-refractivity contribution in [3.63, 3.8) is 0 Å². The van der Waals surface area contributed by atoms with Crippen molar-refractivity contribution in [3.05, 3.63) is 0 Å². The van der Waals surface area contributed by atoms with Crippen molar-refractivity contribution in [2.24, 2.45) is 5.92 Å². The van der Waals surface area contributed by atoms with Crippen LogP contribution in [0, 0.1) is 5.92 Å². The summed E-state index contributed by atoms with van der Waals surface area (Å²) in [5.74, 6) is 0.150. The van der Waals surface area contributed by atoms with Crippen molar-refractivity contribution in [2.75, 3.05) is 13.1 Å². The van der Waals surface area contributed by atoms with E-state index in [1.54, 1.807) is 0 Å². The lowest BCUT2D eigenvalue weighted by Gasteiger charge is -2.42. The fraction of sp³-hybridized carbons (Fsp3) is 0.923. The minimum absolute atomic E-state index is 0.0376. The molecule has 1 heterocycles. The van der Waals surface area contributed by atoms with Crippen LogP contribution in [0.2, 0.25) is 0 Å². The maximum absolute atomic E-state index is 12.0. The minimum Gasteiger partial charge on any atom is -0.373 e. The average Bonchev–Trinajstić information content (AvgIpc) is 2.21. The molecule has 1 rings (SSSR count). The van der Waals surface area contributed by atoms with E-state index in [1.165, 1.54) is 0 Å². The third-order valence-corrected chi connectivity index (χ3v) is 3.63. The summed E-state index contributed by atoms with van der Waals surface area (Å²) in [6.07, 6.45) is -0.161. The number of carbonyl (C=O) groups is 1. The molecule has 7 heteroatoms. The molecule has 3 unspecified atom stereocenters. The van der Waals surface area contributed by atoms with Crippen molar-refractivity contribution in [3.8, 4) is 0 Å². The Hall–Kier alpha value is 0.260. The summed E-state index contributed by atoms with van der Waals surface area (Å²) >= 11 is 18.1. The first-order chi connectivity index (χ1) is 9.09. The van der Waals surface area contributed by atoms with Crippen LogP contribution in [-0.2, 0) is 9.53 Å². The molecule has 1 fully saturated rings. The topological polar surface area (TPSA) is 41.6 Å². The van der Waals surface area contributed by atoms with Crippen molar-refractivity contribution in [1.29, 1.82) is 0 Å². The van der Waals surface area contributed by atoms with Crippen LogP contribution in [0.1, 0.15) is 34.1 Å². The summed E-state index contributed by atoms with van der Waals surface area (Å²) in [7, 11) is 0. The zero-order valence-corrected chi connectivity index (χ0v) is 14.6. The molecule has 3 atom stereocenters. The van der Waals surface area contributed by atoms with E-state index in [1.807, 2.05) is 32.6 Å². The van der Waals surface area contributed by atoms with E-state index in [2.05, 4.69) is 5.32 Å². The number of amides is 1. The van der Waals surface area contributed by atoms with E-state index in [0.717, 1.165) is 0 Å². The molecular weight excluding hydrogens is 323 g/mol. The fourth-order valence-corrected chi connectivity index (χ4v) is 2.97. The van der Waals surface area contributed by atoms with Crippen molar-refractivity contribution in [1.82, 2.24) is 10.2 Å². The predicted octanol–water partition coefficient (Wildman–Crippen LogP) is 2.95. The minimum atomic E-state index is -1.58. The van der Waals surface area contributed by atoms with Gasteiger partial charge in [0.2, 0.25) is 9.70 Å². The number of hydrogen-bond acceptors (Lipinski definition) is 3. The number of ether oxygens (including phenoxy) is 1. The predicted molar refractivity (Wildman–Crippen MR) is 83.3 cm³/mol. The van der Waals surface area contributed by atoms with Crippen molar-refractivity contribution >= 4 is 40.7 Å². The molecule has 0 aromatic heterocycles. The number of alkyl halides is 3. The lowest BCUT2D eigenvalue weighted by molar-refractivity contribution is -0.126. The standard InChI is InChI=1S/C13H23Cl3N2O2/c1-8(2)5-11(19)17-12(13(14,15)16)18-6-9(3)20-10(4)7-18/h8-10,12H,5-7H2,1-4H3,(H,17,19). The summed E-state index contributed by atoms with van der Waals surface area (Å²) in [5, 5.41) is 2.83. The molecule has 0 spiro atoms. The van der Waals surface area contributed by atoms with Gasteiger partial charge in [0.05, 0.1) is 12.2 Å². The van der Waals surface area contributed by atoms with E-state index in [9.17, 15) is 4.79 Å². The van der Waals surface area contributed by atoms with Crippen LogP contribution < -0.4 is 5.32 Å². The van der Waals surface area contributed by atoms with E-state index < -0.39 is 9.96 Å². The number of nitrogens with zero attached hydrogens (tertiary/aromatic N) is 1. The van der Waals surface area contributed by atoms with E-state index in [0.29, 0.717) is 19.5 Å². The highest BCUT2D eigenvalue weighted by atomic mass is 35.6. The Kier molecular flexibility index (Phi) is 6.87. The van der Waals surface area contributed by atoms with Gasteiger partial charge in [-0.15, -0.1) is 0 Å². The molecule has 0 saturated carbocycles. The summed E-state index contributed by atoms with van der Waals surface area (Å²) in [5.41, 5.74) is 0. The molecule has 0 bridgehead atoms. The van der Waals surface area contributed by atoms with Crippen LogP contribution in [0.25, 0.3) is 0 Å². The molecule has 118 valence electrons. The van der Waals surface area contributed by atoms with Gasteiger partial charge in [0, 0.05) is 19.5 Å². The lowest BCUT2D eigenvalue weighted by atomic mass is 10.1. The van der Waals surface area contributed by atoms with E-state index in [4.69, 9.17) is 39.5 Å². The molecule has 1 amide bonds. The number of hydrogen-bond donors (Lipinski definition) is 1. The smallest absolute Gasteiger partial charge is 0.223 e. The molecule has 0 radical (unpaired) electrons. The van der Waals surface area contributed by atoms with Gasteiger partial charge >= 0.3 is 0 Å². The zero-order valence-electron chi connectivity index (χ0n) is 12.3. The second kappa shape index (κ2) is 7.50. The number of halogens is 3. The quantitative estimate of drug-likeness (QED) is 0.797. The largest absolute Gasteiger partial charge is 0.373 e. The maximum atomic E-state index is 12.0. The van der Waals surface area contributed by atoms with Gasteiger partial charge in [-0.1, -0.05) is 48.7 Å². The third-order valence-electron chi connectivity index (χ3n) is 3.01. The van der Waals surface area contributed by atoms with Crippen LogP contribution in [0.4, 0.5) is 0 Å². The fourth-order valence-electron chi connectivity index (χ4n) is 2.39. The van der Waals surface area contributed by atoms with Gasteiger partial charge in [0.1, 0.15) is 6.17 Å². The molecule has 0 aromatic rings. The maximum Gasteiger partial charge on any atom is 0.223 e. The molecule has 0 aliphatic carbocycles. The van der Waals surface area contributed by atoms with Crippen LogP contribution in [0.3, 0.4) is 0 Å². The Morgan fingerprint density at radius 3 is 2.20 bits per heavy atom. The number of nitrogens with one attached hydrogen (secondary N) is 1. The van der Waals surface area contributed by atoms with E-state index >= 15 is 0 Å². The Balaban J connectivity index is 2.76. The number of rotatable bonds is 4. The Labute approximate surface area is 136 Å². The van der Waals surface area contributed by atoms with Crippen molar-refractivity contribution in [2.45, 2.75) is 56.3 Å². The number of morpholine rings is 1. The Morgan fingerprint density at radius 1 is 1.30 bits per heavy atom. The van der Waals surface area contributed by atoms with Gasteiger partial charge in [0.15, 0.2) is 0 Å². The summed E-state index contributed by atoms with van der Waals surface area (Å²) in [4.78, 5) is 13.9. The number of carbonyl (C=O) groups excluding carboxylic acids is 1. The lowest BCUT2D eigenvalue weighted by Crippen LogP contribution is -2.61. The molecule has 4 nitrogen and oxygen atoms in total. The highest BCUT2D eigenvalue weighted by molar-refractivity contribution is 6.68. The van der Waals surface area contributed by atoms with Crippen molar-refractivity contribution < 1.29 is 9.53 Å². The molecule has 20 heavy (non-hydrogen) atoms.